The number of likely N-dealkylation sites (N-methyl/N-ethyl adjacent to an activating group) is 1. The Morgan fingerprint density at radius 2 is 2.00 bits per heavy atom. The minimum absolute atomic E-state index is 0.160. The summed E-state index contributed by atoms with van der Waals surface area (Å²) in [4.78, 5) is 2.29. The maximum atomic E-state index is 12.8. The Morgan fingerprint density at radius 3 is 2.50 bits per heavy atom. The van der Waals surface area contributed by atoms with Gasteiger partial charge in [-0.3, -0.25) is 0 Å². The molecule has 2 nitrogen and oxygen atoms in total. The van der Waals surface area contributed by atoms with Crippen molar-refractivity contribution in [3.8, 4) is 0 Å². The summed E-state index contributed by atoms with van der Waals surface area (Å²) in [5, 5.41) is 3.41. The van der Waals surface area contributed by atoms with Crippen LogP contribution in [0.4, 0.5) is 4.39 Å². The first kappa shape index (κ1) is 11.6. The zero-order valence-electron chi connectivity index (χ0n) is 9.96. The number of rotatable bonds is 3. The molecule has 1 aliphatic heterocycles. The van der Waals surface area contributed by atoms with E-state index in [1.54, 1.807) is 12.1 Å². The molecule has 1 saturated heterocycles. The summed E-state index contributed by atoms with van der Waals surface area (Å²) in [5.74, 6) is -0.160. The van der Waals surface area contributed by atoms with Crippen molar-refractivity contribution >= 4 is 0 Å². The first-order valence-corrected chi connectivity index (χ1v) is 5.75. The highest BCUT2D eigenvalue weighted by molar-refractivity contribution is 5.20. The van der Waals surface area contributed by atoms with Crippen molar-refractivity contribution in [2.75, 3.05) is 27.2 Å². The predicted molar refractivity (Wildman–Crippen MR) is 64.0 cm³/mol. The van der Waals surface area contributed by atoms with Crippen LogP contribution in [-0.2, 0) is 6.42 Å². The molecule has 1 aromatic carbocycles. The zero-order valence-corrected chi connectivity index (χ0v) is 9.96. The average molecular weight is 222 g/mol. The third kappa shape index (κ3) is 2.25. The molecule has 1 aromatic rings. The lowest BCUT2D eigenvalue weighted by molar-refractivity contribution is 0.172. The van der Waals surface area contributed by atoms with Crippen LogP contribution >= 0.6 is 0 Å². The van der Waals surface area contributed by atoms with Crippen molar-refractivity contribution in [3.05, 3.63) is 35.6 Å². The number of hydrogen-bond donors (Lipinski definition) is 1. The molecule has 2 rings (SSSR count). The van der Waals surface area contributed by atoms with Crippen LogP contribution in [0.2, 0.25) is 0 Å². The van der Waals surface area contributed by atoms with Crippen molar-refractivity contribution in [2.45, 2.75) is 18.4 Å². The Hall–Kier alpha value is -0.930. The van der Waals surface area contributed by atoms with Gasteiger partial charge in [0.15, 0.2) is 0 Å². The summed E-state index contributed by atoms with van der Waals surface area (Å²) in [5.41, 5.74) is 1.40. The molecule has 0 aliphatic carbocycles. The Labute approximate surface area is 96.5 Å². The molecule has 88 valence electrons. The van der Waals surface area contributed by atoms with Gasteiger partial charge in [-0.25, -0.2) is 4.39 Å². The topological polar surface area (TPSA) is 15.3 Å². The molecule has 1 fully saturated rings. The van der Waals surface area contributed by atoms with Gasteiger partial charge in [0.05, 0.1) is 0 Å². The Kier molecular flexibility index (Phi) is 3.26. The van der Waals surface area contributed by atoms with Gasteiger partial charge in [0.2, 0.25) is 0 Å². The molecule has 1 heterocycles. The fraction of sp³-hybridized carbons (Fsp3) is 0.538. The number of nitrogens with zero attached hydrogens (tertiary/aromatic N) is 1. The van der Waals surface area contributed by atoms with Gasteiger partial charge in [0.1, 0.15) is 5.82 Å². The van der Waals surface area contributed by atoms with E-state index in [2.05, 4.69) is 24.3 Å². The molecule has 3 heteroatoms. The fourth-order valence-corrected chi connectivity index (χ4v) is 2.40. The van der Waals surface area contributed by atoms with Crippen LogP contribution in [0.1, 0.15) is 12.0 Å². The van der Waals surface area contributed by atoms with E-state index in [0.717, 1.165) is 25.9 Å². The van der Waals surface area contributed by atoms with E-state index in [1.807, 2.05) is 12.1 Å². The lowest BCUT2D eigenvalue weighted by atomic mass is 9.89. The molecule has 16 heavy (non-hydrogen) atoms. The molecule has 0 spiro atoms. The van der Waals surface area contributed by atoms with Gasteiger partial charge < -0.3 is 10.2 Å². The zero-order chi connectivity index (χ0) is 11.6. The van der Waals surface area contributed by atoms with E-state index < -0.39 is 0 Å². The summed E-state index contributed by atoms with van der Waals surface area (Å²) in [6.45, 7) is 2.08. The van der Waals surface area contributed by atoms with Crippen LogP contribution < -0.4 is 5.32 Å². The molecule has 0 bridgehead atoms. The molecule has 1 N–H and O–H groups in total. The molecule has 0 saturated carbocycles. The first-order valence-electron chi connectivity index (χ1n) is 5.75. The molecule has 0 radical (unpaired) electrons. The van der Waals surface area contributed by atoms with Crippen LogP contribution in [0.15, 0.2) is 24.3 Å². The van der Waals surface area contributed by atoms with Crippen molar-refractivity contribution in [1.82, 2.24) is 10.2 Å². The number of benzene rings is 1. The quantitative estimate of drug-likeness (QED) is 0.836. The fourth-order valence-electron chi connectivity index (χ4n) is 2.40. The number of hydrogen-bond acceptors (Lipinski definition) is 2. The highest BCUT2D eigenvalue weighted by atomic mass is 19.1. The lowest BCUT2D eigenvalue weighted by Crippen LogP contribution is -2.47. The van der Waals surface area contributed by atoms with Crippen LogP contribution in [0, 0.1) is 5.82 Å². The predicted octanol–water partition coefficient (Wildman–Crippen LogP) is 1.66. The second-order valence-electron chi connectivity index (χ2n) is 4.85. The van der Waals surface area contributed by atoms with Gasteiger partial charge in [-0.1, -0.05) is 12.1 Å². The molecule has 0 amide bonds. The smallest absolute Gasteiger partial charge is 0.123 e. The number of halogens is 1. The molecular formula is C13H19FN2. The van der Waals surface area contributed by atoms with Gasteiger partial charge in [-0.05, 0) is 51.2 Å². The maximum Gasteiger partial charge on any atom is 0.123 e. The average Bonchev–Trinajstić information content (AvgIpc) is 2.71. The standard InChI is InChI=1S/C13H19FN2/c1-16(2)13(7-8-15-10-13)9-11-3-5-12(14)6-4-11/h3-6,15H,7-10H2,1-2H3. The molecule has 0 aromatic heterocycles. The molecular weight excluding hydrogens is 203 g/mol. The third-order valence-electron chi connectivity index (χ3n) is 3.62. The van der Waals surface area contributed by atoms with Crippen LogP contribution in [-0.4, -0.2) is 37.6 Å². The van der Waals surface area contributed by atoms with E-state index in [-0.39, 0.29) is 11.4 Å². The van der Waals surface area contributed by atoms with E-state index >= 15 is 0 Å². The number of nitrogens with one attached hydrogen (secondary N) is 1. The van der Waals surface area contributed by atoms with Gasteiger partial charge >= 0.3 is 0 Å². The summed E-state index contributed by atoms with van der Waals surface area (Å²) >= 11 is 0. The summed E-state index contributed by atoms with van der Waals surface area (Å²) in [6, 6.07) is 6.86. The molecule has 1 atom stereocenters. The highest BCUT2D eigenvalue weighted by Gasteiger charge is 2.35. The SMILES string of the molecule is CN(C)C1(Cc2ccc(F)cc2)CCNC1. The van der Waals surface area contributed by atoms with Gasteiger partial charge in [0, 0.05) is 12.1 Å². The van der Waals surface area contributed by atoms with E-state index in [1.165, 1.54) is 5.56 Å². The second kappa shape index (κ2) is 4.52. The van der Waals surface area contributed by atoms with Gasteiger partial charge in [-0.2, -0.15) is 0 Å². The summed E-state index contributed by atoms with van der Waals surface area (Å²) in [6.07, 6.45) is 2.13. The van der Waals surface area contributed by atoms with Crippen molar-refractivity contribution in [3.63, 3.8) is 0 Å². The largest absolute Gasteiger partial charge is 0.315 e. The lowest BCUT2D eigenvalue weighted by Gasteiger charge is -2.35. The Balaban J connectivity index is 2.14. The van der Waals surface area contributed by atoms with Crippen LogP contribution in [0.5, 0.6) is 0 Å². The highest BCUT2D eigenvalue weighted by Crippen LogP contribution is 2.25. The van der Waals surface area contributed by atoms with Crippen molar-refractivity contribution in [1.29, 1.82) is 0 Å². The minimum Gasteiger partial charge on any atom is -0.315 e. The van der Waals surface area contributed by atoms with Crippen LogP contribution in [0.25, 0.3) is 0 Å². The van der Waals surface area contributed by atoms with Crippen molar-refractivity contribution < 1.29 is 4.39 Å². The van der Waals surface area contributed by atoms with E-state index in [4.69, 9.17) is 0 Å². The summed E-state index contributed by atoms with van der Waals surface area (Å²) in [7, 11) is 4.24. The minimum atomic E-state index is -0.160. The Bertz CT molecular complexity index is 339. The van der Waals surface area contributed by atoms with E-state index in [9.17, 15) is 4.39 Å². The summed E-state index contributed by atoms with van der Waals surface area (Å²) < 4.78 is 12.8. The monoisotopic (exact) mass is 222 g/mol. The van der Waals surface area contributed by atoms with Gasteiger partial charge in [-0.15, -0.1) is 0 Å². The maximum absolute atomic E-state index is 12.8. The third-order valence-corrected chi connectivity index (χ3v) is 3.62. The molecule has 1 unspecified atom stereocenters. The Morgan fingerprint density at radius 1 is 1.31 bits per heavy atom. The van der Waals surface area contributed by atoms with Crippen LogP contribution in [0.3, 0.4) is 0 Å². The van der Waals surface area contributed by atoms with E-state index in [0.29, 0.717) is 0 Å². The van der Waals surface area contributed by atoms with Gasteiger partial charge in [0.25, 0.3) is 0 Å². The first-order chi connectivity index (χ1) is 7.62. The van der Waals surface area contributed by atoms with Crippen molar-refractivity contribution in [2.24, 2.45) is 0 Å². The molecule has 1 aliphatic rings. The normalized spacial score (nSPS) is 25.2. The second-order valence-corrected chi connectivity index (χ2v) is 4.85.